The molecule has 7 heteroatoms. The van der Waals surface area contributed by atoms with Crippen LogP contribution in [0.5, 0.6) is 0 Å². The molecule has 1 aromatic rings. The second-order valence-electron chi connectivity index (χ2n) is 4.31. The minimum absolute atomic E-state index is 0.164. The first-order valence-corrected chi connectivity index (χ1v) is 6.10. The molecule has 7 nitrogen and oxygen atoms in total. The van der Waals surface area contributed by atoms with E-state index in [1.165, 1.54) is 12.0 Å². The van der Waals surface area contributed by atoms with Gasteiger partial charge in [-0.1, -0.05) is 0 Å². The van der Waals surface area contributed by atoms with Crippen LogP contribution in [0.25, 0.3) is 0 Å². The fourth-order valence-corrected chi connectivity index (χ4v) is 2.06. The molecule has 0 aromatic carbocycles. The van der Waals surface area contributed by atoms with E-state index in [4.69, 9.17) is 9.47 Å². The fraction of sp³-hybridized carbons (Fsp3) is 0.583. The summed E-state index contributed by atoms with van der Waals surface area (Å²) in [5.41, 5.74) is 0. The number of morpholine rings is 1. The first kappa shape index (κ1) is 13.5. The molecule has 1 aliphatic heterocycles. The van der Waals surface area contributed by atoms with E-state index in [1.807, 2.05) is 0 Å². The van der Waals surface area contributed by atoms with Crippen molar-refractivity contribution in [2.45, 2.75) is 19.0 Å². The van der Waals surface area contributed by atoms with E-state index >= 15 is 0 Å². The summed E-state index contributed by atoms with van der Waals surface area (Å²) in [5.74, 6) is -0.622. The number of rotatable bonds is 3. The van der Waals surface area contributed by atoms with Crippen molar-refractivity contribution in [3.8, 4) is 0 Å². The lowest BCUT2D eigenvalue weighted by Gasteiger charge is -2.35. The lowest BCUT2D eigenvalue weighted by molar-refractivity contribution is -0.162. The quantitative estimate of drug-likeness (QED) is 0.712. The van der Waals surface area contributed by atoms with Crippen LogP contribution in [0.3, 0.4) is 0 Å². The molecule has 2 heterocycles. The highest BCUT2D eigenvalue weighted by atomic mass is 16.5. The first-order chi connectivity index (χ1) is 9.15. The number of carbonyl (C=O) groups is 2. The summed E-state index contributed by atoms with van der Waals surface area (Å²) in [6.45, 7) is 2.72. The molecule has 0 saturated carbocycles. The van der Waals surface area contributed by atoms with Crippen LogP contribution in [-0.4, -0.2) is 59.5 Å². The topological polar surface area (TPSA) is 73.7 Å². The molecular formula is C12H17N3O4. The number of carbonyl (C=O) groups excluding carboxylic acids is 2. The van der Waals surface area contributed by atoms with Gasteiger partial charge in [0.25, 0.3) is 0 Å². The van der Waals surface area contributed by atoms with Gasteiger partial charge in [0, 0.05) is 18.9 Å². The SMILES string of the molecule is COC(=O)C1COCCN1C(=O)C(C)n1cccn1. The Bertz CT molecular complexity index is 446. The van der Waals surface area contributed by atoms with Gasteiger partial charge in [0.15, 0.2) is 6.04 Å². The molecule has 1 saturated heterocycles. The van der Waals surface area contributed by atoms with Gasteiger partial charge in [-0.05, 0) is 13.0 Å². The maximum Gasteiger partial charge on any atom is 0.331 e. The molecule has 2 atom stereocenters. The lowest BCUT2D eigenvalue weighted by Crippen LogP contribution is -2.54. The molecule has 0 spiro atoms. The van der Waals surface area contributed by atoms with Gasteiger partial charge in [-0.3, -0.25) is 9.48 Å². The van der Waals surface area contributed by atoms with E-state index in [-0.39, 0.29) is 12.5 Å². The molecule has 1 aromatic heterocycles. The molecular weight excluding hydrogens is 250 g/mol. The Morgan fingerprint density at radius 2 is 2.32 bits per heavy atom. The molecule has 1 aliphatic rings. The summed E-state index contributed by atoms with van der Waals surface area (Å²) in [5, 5.41) is 4.04. The van der Waals surface area contributed by atoms with E-state index in [0.717, 1.165) is 0 Å². The zero-order valence-electron chi connectivity index (χ0n) is 11.0. The van der Waals surface area contributed by atoms with Crippen molar-refractivity contribution >= 4 is 11.9 Å². The summed E-state index contributed by atoms with van der Waals surface area (Å²) in [6, 6.07) is 0.616. The number of methoxy groups -OCH3 is 1. The molecule has 2 unspecified atom stereocenters. The highest BCUT2D eigenvalue weighted by molar-refractivity contribution is 5.86. The van der Waals surface area contributed by atoms with E-state index in [0.29, 0.717) is 13.2 Å². The van der Waals surface area contributed by atoms with Crippen LogP contribution in [0.4, 0.5) is 0 Å². The lowest BCUT2D eigenvalue weighted by atomic mass is 10.2. The molecule has 0 bridgehead atoms. The van der Waals surface area contributed by atoms with Crippen LogP contribution < -0.4 is 0 Å². The predicted molar refractivity (Wildman–Crippen MR) is 65.3 cm³/mol. The number of esters is 1. The van der Waals surface area contributed by atoms with Gasteiger partial charge in [0.2, 0.25) is 5.91 Å². The Balaban J connectivity index is 2.13. The Morgan fingerprint density at radius 1 is 1.53 bits per heavy atom. The highest BCUT2D eigenvalue weighted by Crippen LogP contribution is 2.15. The molecule has 1 fully saturated rings. The number of hydrogen-bond acceptors (Lipinski definition) is 5. The third-order valence-corrected chi connectivity index (χ3v) is 3.16. The molecule has 0 radical (unpaired) electrons. The third-order valence-electron chi connectivity index (χ3n) is 3.16. The van der Waals surface area contributed by atoms with Gasteiger partial charge in [-0.2, -0.15) is 5.10 Å². The minimum Gasteiger partial charge on any atom is -0.467 e. The summed E-state index contributed by atoms with van der Waals surface area (Å²) < 4.78 is 11.5. The van der Waals surface area contributed by atoms with Crippen LogP contribution in [-0.2, 0) is 19.1 Å². The van der Waals surface area contributed by atoms with E-state index in [9.17, 15) is 9.59 Å². The Morgan fingerprint density at radius 3 is 2.95 bits per heavy atom. The molecule has 2 rings (SSSR count). The van der Waals surface area contributed by atoms with Crippen molar-refractivity contribution in [1.82, 2.24) is 14.7 Å². The highest BCUT2D eigenvalue weighted by Gasteiger charge is 2.36. The van der Waals surface area contributed by atoms with Gasteiger partial charge in [0.05, 0.1) is 20.3 Å². The number of aromatic nitrogens is 2. The van der Waals surface area contributed by atoms with E-state index < -0.39 is 18.1 Å². The Kier molecular flexibility index (Phi) is 4.16. The van der Waals surface area contributed by atoms with Gasteiger partial charge in [0.1, 0.15) is 6.04 Å². The van der Waals surface area contributed by atoms with Gasteiger partial charge < -0.3 is 14.4 Å². The summed E-state index contributed by atoms with van der Waals surface area (Å²) in [6.07, 6.45) is 3.33. The van der Waals surface area contributed by atoms with Crippen molar-refractivity contribution < 1.29 is 19.1 Å². The van der Waals surface area contributed by atoms with Gasteiger partial charge in [-0.25, -0.2) is 4.79 Å². The van der Waals surface area contributed by atoms with Crippen molar-refractivity contribution in [3.63, 3.8) is 0 Å². The van der Waals surface area contributed by atoms with Crippen molar-refractivity contribution in [2.75, 3.05) is 26.9 Å². The first-order valence-electron chi connectivity index (χ1n) is 6.10. The largest absolute Gasteiger partial charge is 0.467 e. The van der Waals surface area contributed by atoms with Gasteiger partial charge >= 0.3 is 5.97 Å². The van der Waals surface area contributed by atoms with Crippen molar-refractivity contribution in [3.05, 3.63) is 18.5 Å². The van der Waals surface area contributed by atoms with E-state index in [2.05, 4.69) is 5.10 Å². The fourth-order valence-electron chi connectivity index (χ4n) is 2.06. The molecule has 0 N–H and O–H groups in total. The van der Waals surface area contributed by atoms with Crippen LogP contribution >= 0.6 is 0 Å². The second-order valence-corrected chi connectivity index (χ2v) is 4.31. The Labute approximate surface area is 111 Å². The average molecular weight is 267 g/mol. The molecule has 104 valence electrons. The second kappa shape index (κ2) is 5.83. The maximum absolute atomic E-state index is 12.4. The van der Waals surface area contributed by atoms with Crippen molar-refractivity contribution in [1.29, 1.82) is 0 Å². The molecule has 19 heavy (non-hydrogen) atoms. The summed E-state index contributed by atoms with van der Waals surface area (Å²) >= 11 is 0. The van der Waals surface area contributed by atoms with Crippen LogP contribution in [0, 0.1) is 0 Å². The number of amides is 1. The minimum atomic E-state index is -0.677. The standard InChI is InChI=1S/C12H17N3O4/c1-9(15-5-3-4-13-15)11(16)14-6-7-19-8-10(14)12(17)18-2/h3-5,9-10H,6-8H2,1-2H3. The van der Waals surface area contributed by atoms with Crippen molar-refractivity contribution in [2.24, 2.45) is 0 Å². The number of hydrogen-bond donors (Lipinski definition) is 0. The average Bonchev–Trinajstić information content (AvgIpc) is 2.99. The number of ether oxygens (including phenoxy) is 2. The smallest absolute Gasteiger partial charge is 0.331 e. The molecule has 1 amide bonds. The number of nitrogens with zero attached hydrogens (tertiary/aromatic N) is 3. The van der Waals surface area contributed by atoms with Crippen LogP contribution in [0.15, 0.2) is 18.5 Å². The summed E-state index contributed by atoms with van der Waals surface area (Å²) in [7, 11) is 1.30. The maximum atomic E-state index is 12.4. The predicted octanol–water partition coefficient (Wildman–Crippen LogP) is -0.155. The molecule has 0 aliphatic carbocycles. The normalized spacial score (nSPS) is 20.9. The van der Waals surface area contributed by atoms with E-state index in [1.54, 1.807) is 30.1 Å². The summed E-state index contributed by atoms with van der Waals surface area (Å²) in [4.78, 5) is 25.6. The monoisotopic (exact) mass is 267 g/mol. The zero-order chi connectivity index (χ0) is 13.8. The zero-order valence-corrected chi connectivity index (χ0v) is 11.0. The third kappa shape index (κ3) is 2.76. The van der Waals surface area contributed by atoms with Crippen LogP contribution in [0.2, 0.25) is 0 Å². The Hall–Kier alpha value is -1.89. The van der Waals surface area contributed by atoms with Crippen LogP contribution in [0.1, 0.15) is 13.0 Å². The van der Waals surface area contributed by atoms with Gasteiger partial charge in [-0.15, -0.1) is 0 Å².